The van der Waals surface area contributed by atoms with Crippen LogP contribution < -0.4 is 5.32 Å². The van der Waals surface area contributed by atoms with Gasteiger partial charge in [-0.15, -0.1) is 0 Å². The lowest BCUT2D eigenvalue weighted by atomic mass is 10.2. The molecule has 0 spiro atoms. The van der Waals surface area contributed by atoms with Gasteiger partial charge in [0.15, 0.2) is 0 Å². The van der Waals surface area contributed by atoms with Crippen LogP contribution in [0.25, 0.3) is 0 Å². The second-order valence-corrected chi connectivity index (χ2v) is 4.71. The Morgan fingerprint density at radius 3 is 2.72 bits per heavy atom. The van der Waals surface area contributed by atoms with Crippen molar-refractivity contribution in [3.05, 3.63) is 33.3 Å². The Morgan fingerprint density at radius 1 is 1.39 bits per heavy atom. The predicted octanol–water partition coefficient (Wildman–Crippen LogP) is 1.93. The van der Waals surface area contributed by atoms with Crippen LogP contribution in [0.15, 0.2) is 22.7 Å². The number of amides is 1. The third-order valence-corrected chi connectivity index (χ3v) is 2.56. The van der Waals surface area contributed by atoms with E-state index >= 15 is 0 Å². The molecule has 7 heteroatoms. The van der Waals surface area contributed by atoms with Gasteiger partial charge in [0, 0.05) is 21.6 Å². The SMILES string of the molecule is O=C(O)COCCNC(=O)c1cc(Cl)cc(Br)c1. The summed E-state index contributed by atoms with van der Waals surface area (Å²) in [6.07, 6.45) is 0. The molecule has 0 radical (unpaired) electrons. The summed E-state index contributed by atoms with van der Waals surface area (Å²) in [6, 6.07) is 4.85. The number of carbonyl (C=O) groups is 2. The summed E-state index contributed by atoms with van der Waals surface area (Å²) in [6.45, 7) is -0.00535. The maximum absolute atomic E-state index is 11.7. The topological polar surface area (TPSA) is 75.6 Å². The quantitative estimate of drug-likeness (QED) is 0.778. The molecule has 0 aliphatic heterocycles. The number of carboxylic acid groups (broad SMARTS) is 1. The van der Waals surface area contributed by atoms with Gasteiger partial charge in [-0.3, -0.25) is 4.79 Å². The molecule has 1 rings (SSSR count). The fourth-order valence-electron chi connectivity index (χ4n) is 1.18. The van der Waals surface area contributed by atoms with Crippen molar-refractivity contribution in [1.29, 1.82) is 0 Å². The Morgan fingerprint density at radius 2 is 2.11 bits per heavy atom. The number of ether oxygens (including phenoxy) is 1. The number of benzene rings is 1. The van der Waals surface area contributed by atoms with Gasteiger partial charge >= 0.3 is 5.97 Å². The third-order valence-electron chi connectivity index (χ3n) is 1.88. The van der Waals surface area contributed by atoms with E-state index in [0.717, 1.165) is 0 Å². The Labute approximate surface area is 117 Å². The second kappa shape index (κ2) is 7.35. The zero-order valence-corrected chi connectivity index (χ0v) is 11.6. The number of hydrogen-bond donors (Lipinski definition) is 2. The first-order valence-electron chi connectivity index (χ1n) is 5.03. The predicted molar refractivity (Wildman–Crippen MR) is 69.9 cm³/mol. The summed E-state index contributed by atoms with van der Waals surface area (Å²) in [5, 5.41) is 11.4. The number of carboxylic acids is 1. The number of rotatable bonds is 6. The molecule has 0 heterocycles. The van der Waals surface area contributed by atoms with E-state index < -0.39 is 5.97 Å². The van der Waals surface area contributed by atoms with Crippen molar-refractivity contribution in [1.82, 2.24) is 5.32 Å². The van der Waals surface area contributed by atoms with E-state index in [2.05, 4.69) is 21.2 Å². The fourth-order valence-corrected chi connectivity index (χ4v) is 2.04. The molecule has 18 heavy (non-hydrogen) atoms. The van der Waals surface area contributed by atoms with Crippen LogP contribution in [0.1, 0.15) is 10.4 Å². The van der Waals surface area contributed by atoms with Gasteiger partial charge in [0.1, 0.15) is 6.61 Å². The average molecular weight is 337 g/mol. The average Bonchev–Trinajstić information content (AvgIpc) is 2.26. The molecule has 0 aromatic heterocycles. The normalized spacial score (nSPS) is 10.1. The smallest absolute Gasteiger partial charge is 0.329 e. The van der Waals surface area contributed by atoms with Crippen LogP contribution in [0, 0.1) is 0 Å². The maximum atomic E-state index is 11.7. The summed E-state index contributed by atoms with van der Waals surface area (Å²) < 4.78 is 5.49. The minimum Gasteiger partial charge on any atom is -0.480 e. The van der Waals surface area contributed by atoms with Crippen molar-refractivity contribution in [3.63, 3.8) is 0 Å². The highest BCUT2D eigenvalue weighted by molar-refractivity contribution is 9.10. The minimum atomic E-state index is -1.04. The first kappa shape index (κ1) is 14.9. The highest BCUT2D eigenvalue weighted by Crippen LogP contribution is 2.19. The summed E-state index contributed by atoms with van der Waals surface area (Å²) in [5.41, 5.74) is 0.424. The van der Waals surface area contributed by atoms with E-state index in [1.54, 1.807) is 18.2 Å². The molecule has 1 amide bonds. The molecule has 1 aromatic rings. The summed E-state index contributed by atoms with van der Waals surface area (Å²) >= 11 is 9.05. The first-order chi connectivity index (χ1) is 8.49. The van der Waals surface area contributed by atoms with Gasteiger partial charge in [-0.05, 0) is 18.2 Å². The molecule has 0 saturated carbocycles. The van der Waals surface area contributed by atoms with Gasteiger partial charge in [-0.2, -0.15) is 0 Å². The molecule has 0 aliphatic carbocycles. The van der Waals surface area contributed by atoms with Crippen LogP contribution in [0.3, 0.4) is 0 Å². The standard InChI is InChI=1S/C11H11BrClNO4/c12-8-3-7(4-9(13)5-8)11(17)14-1-2-18-6-10(15)16/h3-5H,1-2,6H2,(H,14,17)(H,15,16). The largest absolute Gasteiger partial charge is 0.480 e. The van der Waals surface area contributed by atoms with Crippen LogP contribution in [0.5, 0.6) is 0 Å². The van der Waals surface area contributed by atoms with Crippen LogP contribution in [-0.4, -0.2) is 36.7 Å². The van der Waals surface area contributed by atoms with Crippen molar-refractivity contribution in [2.75, 3.05) is 19.8 Å². The number of aliphatic carboxylic acids is 1. The summed E-state index contributed by atoms with van der Waals surface area (Å²) in [7, 11) is 0. The molecule has 0 bridgehead atoms. The number of halogens is 2. The zero-order valence-electron chi connectivity index (χ0n) is 9.28. The van der Waals surface area contributed by atoms with Crippen molar-refractivity contribution < 1.29 is 19.4 Å². The fraction of sp³-hybridized carbons (Fsp3) is 0.273. The Balaban J connectivity index is 2.38. The van der Waals surface area contributed by atoms with E-state index in [4.69, 9.17) is 21.4 Å². The third kappa shape index (κ3) is 5.48. The Kier molecular flexibility index (Phi) is 6.11. The molecular formula is C11H11BrClNO4. The highest BCUT2D eigenvalue weighted by Gasteiger charge is 2.07. The lowest BCUT2D eigenvalue weighted by Crippen LogP contribution is -2.27. The minimum absolute atomic E-state index is 0.139. The Hall–Kier alpha value is -1.11. The molecule has 2 N–H and O–H groups in total. The second-order valence-electron chi connectivity index (χ2n) is 3.36. The summed E-state index contributed by atoms with van der Waals surface area (Å²) in [5.74, 6) is -1.34. The zero-order chi connectivity index (χ0) is 13.5. The molecule has 1 aromatic carbocycles. The van der Waals surface area contributed by atoms with E-state index in [1.165, 1.54) is 0 Å². The van der Waals surface area contributed by atoms with Gasteiger partial charge in [-0.25, -0.2) is 4.79 Å². The van der Waals surface area contributed by atoms with E-state index in [-0.39, 0.29) is 25.7 Å². The van der Waals surface area contributed by atoms with Crippen molar-refractivity contribution in [2.45, 2.75) is 0 Å². The van der Waals surface area contributed by atoms with Gasteiger partial charge in [0.25, 0.3) is 5.91 Å². The van der Waals surface area contributed by atoms with Gasteiger partial charge < -0.3 is 15.2 Å². The monoisotopic (exact) mass is 335 g/mol. The maximum Gasteiger partial charge on any atom is 0.329 e. The molecule has 0 unspecified atom stereocenters. The van der Waals surface area contributed by atoms with Crippen molar-refractivity contribution in [3.8, 4) is 0 Å². The number of hydrogen-bond acceptors (Lipinski definition) is 3. The summed E-state index contributed by atoms with van der Waals surface area (Å²) in [4.78, 5) is 21.8. The molecule has 0 aliphatic rings. The molecule has 98 valence electrons. The Bertz CT molecular complexity index is 432. The van der Waals surface area contributed by atoms with E-state index in [9.17, 15) is 9.59 Å². The van der Waals surface area contributed by atoms with E-state index in [1.807, 2.05) is 0 Å². The van der Waals surface area contributed by atoms with Crippen molar-refractivity contribution >= 4 is 39.4 Å². The van der Waals surface area contributed by atoms with Gasteiger partial charge in [-0.1, -0.05) is 27.5 Å². The van der Waals surface area contributed by atoms with Crippen molar-refractivity contribution in [2.24, 2.45) is 0 Å². The van der Waals surface area contributed by atoms with Crippen LogP contribution in [0.2, 0.25) is 5.02 Å². The molecule has 0 atom stereocenters. The number of carbonyl (C=O) groups excluding carboxylic acids is 1. The molecule has 0 fully saturated rings. The van der Waals surface area contributed by atoms with Crippen LogP contribution in [0.4, 0.5) is 0 Å². The van der Waals surface area contributed by atoms with Gasteiger partial charge in [0.2, 0.25) is 0 Å². The van der Waals surface area contributed by atoms with Crippen LogP contribution in [-0.2, 0) is 9.53 Å². The molecular weight excluding hydrogens is 325 g/mol. The number of nitrogens with one attached hydrogen (secondary N) is 1. The molecule has 0 saturated heterocycles. The first-order valence-corrected chi connectivity index (χ1v) is 6.20. The lowest BCUT2D eigenvalue weighted by Gasteiger charge is -2.06. The van der Waals surface area contributed by atoms with E-state index in [0.29, 0.717) is 15.1 Å². The van der Waals surface area contributed by atoms with Crippen LogP contribution >= 0.6 is 27.5 Å². The molecule has 5 nitrogen and oxygen atoms in total. The lowest BCUT2D eigenvalue weighted by molar-refractivity contribution is -0.142. The van der Waals surface area contributed by atoms with Gasteiger partial charge in [0.05, 0.1) is 6.61 Å². The highest BCUT2D eigenvalue weighted by atomic mass is 79.9.